The maximum absolute atomic E-state index is 13.2. The van der Waals surface area contributed by atoms with E-state index in [0.717, 1.165) is 8.78 Å². The lowest BCUT2D eigenvalue weighted by Crippen LogP contribution is -2.39. The summed E-state index contributed by atoms with van der Waals surface area (Å²) in [5.74, 6) is -1.70. The molecule has 0 unspecified atom stereocenters. The third-order valence-electron chi connectivity index (χ3n) is 4.60. The minimum Gasteiger partial charge on any atom is -0.478 e. The van der Waals surface area contributed by atoms with Gasteiger partial charge in [0.25, 0.3) is 5.91 Å². The SMILES string of the molecule is O=C(CN(Cc1ccc(Br)cc1)S(=O)(=O)c1ccc(Cl)cc1)N/N=C\c1ccc(C(=O)O)cc1. The van der Waals surface area contributed by atoms with E-state index < -0.39 is 28.4 Å². The van der Waals surface area contributed by atoms with Crippen molar-refractivity contribution in [1.29, 1.82) is 0 Å². The minimum atomic E-state index is -4.02. The summed E-state index contributed by atoms with van der Waals surface area (Å²) in [6.45, 7) is -0.512. The summed E-state index contributed by atoms with van der Waals surface area (Å²) in [4.78, 5) is 23.4. The number of nitrogens with zero attached hydrogens (tertiary/aromatic N) is 2. The number of amides is 1. The lowest BCUT2D eigenvalue weighted by Gasteiger charge is -2.21. The third kappa shape index (κ3) is 6.97. The van der Waals surface area contributed by atoms with Crippen LogP contribution in [0.4, 0.5) is 0 Å². The Bertz CT molecular complexity index is 1300. The van der Waals surface area contributed by atoms with Gasteiger partial charge in [-0.05, 0) is 59.7 Å². The molecule has 11 heteroatoms. The molecule has 0 atom stereocenters. The van der Waals surface area contributed by atoms with E-state index in [1.165, 1.54) is 54.7 Å². The zero-order valence-electron chi connectivity index (χ0n) is 17.6. The van der Waals surface area contributed by atoms with E-state index in [4.69, 9.17) is 16.7 Å². The largest absolute Gasteiger partial charge is 0.478 e. The number of carbonyl (C=O) groups is 2. The Kier molecular flexibility index (Phi) is 8.56. The predicted molar refractivity (Wildman–Crippen MR) is 132 cm³/mol. The highest BCUT2D eigenvalue weighted by molar-refractivity contribution is 9.10. The van der Waals surface area contributed by atoms with Crippen molar-refractivity contribution in [1.82, 2.24) is 9.73 Å². The minimum absolute atomic E-state index is 0.00355. The molecule has 0 aliphatic heterocycles. The molecule has 1 amide bonds. The molecule has 3 rings (SSSR count). The molecule has 0 aliphatic rings. The number of carboxylic acid groups (broad SMARTS) is 1. The van der Waals surface area contributed by atoms with Crippen LogP contribution in [0.2, 0.25) is 5.02 Å². The lowest BCUT2D eigenvalue weighted by molar-refractivity contribution is -0.121. The Balaban J connectivity index is 1.75. The first-order valence-corrected chi connectivity index (χ1v) is 12.4. The van der Waals surface area contributed by atoms with Gasteiger partial charge in [-0.25, -0.2) is 18.6 Å². The number of halogens is 2. The Labute approximate surface area is 210 Å². The fourth-order valence-electron chi connectivity index (χ4n) is 2.86. The Morgan fingerprint density at radius 1 is 1.00 bits per heavy atom. The molecule has 0 saturated carbocycles. The molecule has 0 heterocycles. The number of hydrogen-bond donors (Lipinski definition) is 2. The van der Waals surface area contributed by atoms with Gasteiger partial charge in [0, 0.05) is 16.0 Å². The number of nitrogens with one attached hydrogen (secondary N) is 1. The van der Waals surface area contributed by atoms with Gasteiger partial charge in [0.1, 0.15) is 0 Å². The summed E-state index contributed by atoms with van der Waals surface area (Å²) >= 11 is 9.22. The zero-order chi connectivity index (χ0) is 24.7. The first-order valence-electron chi connectivity index (χ1n) is 9.80. The quantitative estimate of drug-likeness (QED) is 0.299. The van der Waals surface area contributed by atoms with Crippen molar-refractivity contribution in [2.24, 2.45) is 5.10 Å². The summed E-state index contributed by atoms with van der Waals surface area (Å²) in [6, 6.07) is 18.6. The van der Waals surface area contributed by atoms with Crippen molar-refractivity contribution in [3.05, 3.63) is 99.0 Å². The second-order valence-electron chi connectivity index (χ2n) is 7.07. The van der Waals surface area contributed by atoms with Crippen LogP contribution in [0.5, 0.6) is 0 Å². The summed E-state index contributed by atoms with van der Waals surface area (Å²) < 4.78 is 28.4. The molecule has 3 aromatic carbocycles. The molecule has 2 N–H and O–H groups in total. The number of sulfonamides is 1. The van der Waals surface area contributed by atoms with Crippen LogP contribution in [0, 0.1) is 0 Å². The van der Waals surface area contributed by atoms with E-state index in [1.54, 1.807) is 24.3 Å². The Hall–Kier alpha value is -3.05. The molecule has 3 aromatic rings. The second-order valence-corrected chi connectivity index (χ2v) is 10.4. The Morgan fingerprint density at radius 2 is 1.62 bits per heavy atom. The van der Waals surface area contributed by atoms with E-state index in [2.05, 4.69) is 26.5 Å². The lowest BCUT2D eigenvalue weighted by atomic mass is 10.1. The van der Waals surface area contributed by atoms with E-state index in [1.807, 2.05) is 0 Å². The van der Waals surface area contributed by atoms with E-state index in [-0.39, 0.29) is 17.0 Å². The van der Waals surface area contributed by atoms with Crippen LogP contribution in [0.15, 0.2) is 87.3 Å². The predicted octanol–water partition coefficient (Wildman–Crippen LogP) is 4.14. The molecule has 0 saturated heterocycles. The average Bonchev–Trinajstić information content (AvgIpc) is 2.80. The summed E-state index contributed by atoms with van der Waals surface area (Å²) in [5, 5.41) is 13.2. The number of benzene rings is 3. The van der Waals surface area contributed by atoms with Crippen LogP contribution in [-0.4, -0.2) is 42.5 Å². The number of carbonyl (C=O) groups excluding carboxylic acids is 1. The highest BCUT2D eigenvalue weighted by atomic mass is 79.9. The summed E-state index contributed by atoms with van der Waals surface area (Å²) in [7, 11) is -4.02. The van der Waals surface area contributed by atoms with Gasteiger partial charge in [0.15, 0.2) is 0 Å². The molecule has 34 heavy (non-hydrogen) atoms. The number of rotatable bonds is 9. The molecular formula is C23H19BrClN3O5S. The number of hydrazone groups is 1. The molecule has 0 aromatic heterocycles. The van der Waals surface area contributed by atoms with E-state index >= 15 is 0 Å². The van der Waals surface area contributed by atoms with Crippen LogP contribution < -0.4 is 5.43 Å². The molecule has 0 aliphatic carbocycles. The van der Waals surface area contributed by atoms with Gasteiger partial charge in [-0.3, -0.25) is 4.79 Å². The molecule has 0 fully saturated rings. The Morgan fingerprint density at radius 3 is 2.21 bits per heavy atom. The standard InChI is InChI=1S/C23H19BrClN3O5S/c24-19-7-3-17(4-8-19)14-28(34(32,33)21-11-9-20(25)10-12-21)15-22(29)27-26-13-16-1-5-18(6-2-16)23(30)31/h1-13H,14-15H2,(H,27,29)(H,30,31)/b26-13-. The highest BCUT2D eigenvalue weighted by Gasteiger charge is 2.27. The van der Waals surface area contributed by atoms with Crippen LogP contribution in [-0.2, 0) is 21.4 Å². The molecule has 0 spiro atoms. The maximum atomic E-state index is 13.2. The first kappa shape index (κ1) is 25.6. The van der Waals surface area contributed by atoms with Gasteiger partial charge in [-0.2, -0.15) is 9.41 Å². The third-order valence-corrected chi connectivity index (χ3v) is 7.19. The summed E-state index contributed by atoms with van der Waals surface area (Å²) in [6.07, 6.45) is 1.33. The van der Waals surface area contributed by atoms with Crippen molar-refractivity contribution < 1.29 is 23.1 Å². The van der Waals surface area contributed by atoms with Gasteiger partial charge >= 0.3 is 5.97 Å². The second kappa shape index (κ2) is 11.4. The van der Waals surface area contributed by atoms with Crippen molar-refractivity contribution in [2.75, 3.05) is 6.54 Å². The van der Waals surface area contributed by atoms with Crippen molar-refractivity contribution in [3.8, 4) is 0 Å². The highest BCUT2D eigenvalue weighted by Crippen LogP contribution is 2.21. The monoisotopic (exact) mass is 563 g/mol. The topological polar surface area (TPSA) is 116 Å². The molecule has 0 radical (unpaired) electrons. The van der Waals surface area contributed by atoms with Crippen LogP contribution in [0.3, 0.4) is 0 Å². The molecule has 8 nitrogen and oxygen atoms in total. The van der Waals surface area contributed by atoms with Crippen LogP contribution >= 0.6 is 27.5 Å². The fourth-order valence-corrected chi connectivity index (χ4v) is 4.64. The van der Waals surface area contributed by atoms with Crippen molar-refractivity contribution in [2.45, 2.75) is 11.4 Å². The number of carboxylic acids is 1. The normalized spacial score (nSPS) is 11.6. The van der Waals surface area contributed by atoms with Crippen molar-refractivity contribution in [3.63, 3.8) is 0 Å². The van der Waals surface area contributed by atoms with E-state index in [9.17, 15) is 18.0 Å². The van der Waals surface area contributed by atoms with Gasteiger partial charge in [0.05, 0.1) is 23.2 Å². The van der Waals surface area contributed by atoms with E-state index in [0.29, 0.717) is 16.1 Å². The molecular weight excluding hydrogens is 546 g/mol. The number of hydrogen-bond acceptors (Lipinski definition) is 5. The summed E-state index contributed by atoms with van der Waals surface area (Å²) in [5.41, 5.74) is 3.68. The fraction of sp³-hybridized carbons (Fsp3) is 0.0870. The number of aromatic carboxylic acids is 1. The zero-order valence-corrected chi connectivity index (χ0v) is 20.7. The first-order chi connectivity index (χ1) is 16.1. The van der Waals surface area contributed by atoms with Gasteiger partial charge < -0.3 is 5.11 Å². The van der Waals surface area contributed by atoms with Crippen LogP contribution in [0.25, 0.3) is 0 Å². The molecule has 176 valence electrons. The maximum Gasteiger partial charge on any atom is 0.335 e. The van der Waals surface area contributed by atoms with Gasteiger partial charge in [0.2, 0.25) is 10.0 Å². The average molecular weight is 565 g/mol. The van der Waals surface area contributed by atoms with Crippen molar-refractivity contribution >= 4 is 55.6 Å². The molecule has 0 bridgehead atoms. The smallest absolute Gasteiger partial charge is 0.335 e. The van der Waals surface area contributed by atoms with Gasteiger partial charge in [-0.1, -0.05) is 51.8 Å². The van der Waals surface area contributed by atoms with Gasteiger partial charge in [-0.15, -0.1) is 0 Å². The van der Waals surface area contributed by atoms with Crippen LogP contribution in [0.1, 0.15) is 21.5 Å².